The molecule has 1 amide bonds. The summed E-state index contributed by atoms with van der Waals surface area (Å²) >= 11 is 0. The SMILES string of the molecule is Cc1ccc(C(C)NC(=O)C[C@@H]2CCC[C@H]2N)cc1[N+](=O)[O-].Cl. The van der Waals surface area contributed by atoms with Crippen molar-refractivity contribution in [3.63, 3.8) is 0 Å². The van der Waals surface area contributed by atoms with Gasteiger partial charge in [0.05, 0.1) is 11.0 Å². The molecule has 6 nitrogen and oxygen atoms in total. The zero-order valence-electron chi connectivity index (χ0n) is 13.5. The van der Waals surface area contributed by atoms with Gasteiger partial charge in [0.1, 0.15) is 0 Å². The molecule has 1 fully saturated rings. The van der Waals surface area contributed by atoms with Gasteiger partial charge in [0.25, 0.3) is 5.69 Å². The van der Waals surface area contributed by atoms with Crippen LogP contribution in [0.1, 0.15) is 49.8 Å². The molecule has 23 heavy (non-hydrogen) atoms. The van der Waals surface area contributed by atoms with E-state index < -0.39 is 4.92 Å². The third-order valence-electron chi connectivity index (χ3n) is 4.47. The van der Waals surface area contributed by atoms with Crippen molar-refractivity contribution >= 4 is 24.0 Å². The molecule has 0 bridgehead atoms. The number of carbonyl (C=O) groups is 1. The minimum absolute atomic E-state index is 0. The van der Waals surface area contributed by atoms with Crippen LogP contribution in [0.15, 0.2) is 18.2 Å². The summed E-state index contributed by atoms with van der Waals surface area (Å²) in [6.45, 7) is 3.54. The Hall–Kier alpha value is -1.66. The topological polar surface area (TPSA) is 98.3 Å². The molecule has 1 unspecified atom stereocenters. The lowest BCUT2D eigenvalue weighted by Crippen LogP contribution is -2.32. The van der Waals surface area contributed by atoms with E-state index in [1.165, 1.54) is 6.07 Å². The number of nitrogens with one attached hydrogen (secondary N) is 1. The number of aryl methyl sites for hydroxylation is 1. The fourth-order valence-electron chi connectivity index (χ4n) is 3.03. The number of nitro benzene ring substituents is 1. The molecule has 0 heterocycles. The molecule has 3 atom stereocenters. The molecule has 1 aliphatic carbocycles. The largest absolute Gasteiger partial charge is 0.350 e. The van der Waals surface area contributed by atoms with E-state index in [0.29, 0.717) is 12.0 Å². The summed E-state index contributed by atoms with van der Waals surface area (Å²) in [7, 11) is 0. The van der Waals surface area contributed by atoms with Crippen LogP contribution in [-0.2, 0) is 4.79 Å². The molecule has 1 aromatic carbocycles. The zero-order chi connectivity index (χ0) is 16.3. The van der Waals surface area contributed by atoms with Crippen LogP contribution in [0.4, 0.5) is 5.69 Å². The molecule has 2 rings (SSSR count). The molecule has 0 aliphatic heterocycles. The van der Waals surface area contributed by atoms with Gasteiger partial charge in [-0.3, -0.25) is 14.9 Å². The van der Waals surface area contributed by atoms with E-state index in [4.69, 9.17) is 5.73 Å². The van der Waals surface area contributed by atoms with Crippen LogP contribution in [0.2, 0.25) is 0 Å². The van der Waals surface area contributed by atoms with Gasteiger partial charge < -0.3 is 11.1 Å². The number of amides is 1. The number of rotatable bonds is 5. The molecule has 7 heteroatoms. The molecule has 1 aromatic rings. The van der Waals surface area contributed by atoms with Crippen molar-refractivity contribution in [3.8, 4) is 0 Å². The Balaban J connectivity index is 0.00000264. The first-order chi connectivity index (χ1) is 10.4. The molecule has 0 aromatic heterocycles. The van der Waals surface area contributed by atoms with Gasteiger partial charge in [0.15, 0.2) is 0 Å². The predicted octanol–water partition coefficient (Wildman–Crippen LogP) is 3.02. The van der Waals surface area contributed by atoms with E-state index in [-0.39, 0.29) is 42.0 Å². The maximum Gasteiger partial charge on any atom is 0.272 e. The van der Waals surface area contributed by atoms with Gasteiger partial charge >= 0.3 is 0 Å². The molecular weight excluding hydrogens is 318 g/mol. The molecule has 128 valence electrons. The quantitative estimate of drug-likeness (QED) is 0.635. The van der Waals surface area contributed by atoms with Crippen molar-refractivity contribution in [2.24, 2.45) is 11.7 Å². The van der Waals surface area contributed by atoms with Crippen molar-refractivity contribution < 1.29 is 9.72 Å². The molecule has 0 radical (unpaired) electrons. The average Bonchev–Trinajstić information content (AvgIpc) is 2.84. The second kappa shape index (κ2) is 8.26. The highest BCUT2D eigenvalue weighted by Gasteiger charge is 2.26. The van der Waals surface area contributed by atoms with Crippen LogP contribution in [0.3, 0.4) is 0 Å². The maximum atomic E-state index is 12.1. The monoisotopic (exact) mass is 341 g/mol. The van der Waals surface area contributed by atoms with Crippen molar-refractivity contribution in [1.82, 2.24) is 5.32 Å². The smallest absolute Gasteiger partial charge is 0.272 e. The summed E-state index contributed by atoms with van der Waals surface area (Å²) in [4.78, 5) is 22.7. The average molecular weight is 342 g/mol. The van der Waals surface area contributed by atoms with Crippen molar-refractivity contribution in [2.75, 3.05) is 0 Å². The molecule has 0 saturated heterocycles. The number of benzene rings is 1. The molecule has 3 N–H and O–H groups in total. The first-order valence-electron chi connectivity index (χ1n) is 7.68. The highest BCUT2D eigenvalue weighted by Crippen LogP contribution is 2.27. The number of nitro groups is 1. The van der Waals surface area contributed by atoms with E-state index in [1.807, 2.05) is 13.0 Å². The Morgan fingerprint density at radius 1 is 1.48 bits per heavy atom. The normalized spacial score (nSPS) is 21.3. The maximum absolute atomic E-state index is 12.1. The van der Waals surface area contributed by atoms with Gasteiger partial charge in [0.2, 0.25) is 5.91 Å². The number of nitrogens with two attached hydrogens (primary N) is 1. The van der Waals surface area contributed by atoms with E-state index >= 15 is 0 Å². The fraction of sp³-hybridized carbons (Fsp3) is 0.562. The Morgan fingerprint density at radius 3 is 2.74 bits per heavy atom. The van der Waals surface area contributed by atoms with Crippen LogP contribution >= 0.6 is 12.4 Å². The second-order valence-electron chi connectivity index (χ2n) is 6.15. The Bertz CT molecular complexity index is 580. The van der Waals surface area contributed by atoms with Crippen LogP contribution in [0.5, 0.6) is 0 Å². The lowest BCUT2D eigenvalue weighted by molar-refractivity contribution is -0.385. The number of halogens is 1. The highest BCUT2D eigenvalue weighted by molar-refractivity contribution is 5.85. The van der Waals surface area contributed by atoms with Gasteiger partial charge in [-0.25, -0.2) is 0 Å². The molecule has 0 spiro atoms. The summed E-state index contributed by atoms with van der Waals surface area (Å²) in [5, 5.41) is 13.9. The van der Waals surface area contributed by atoms with Gasteiger partial charge in [-0.05, 0) is 38.2 Å². The summed E-state index contributed by atoms with van der Waals surface area (Å²) in [5.41, 5.74) is 7.42. The van der Waals surface area contributed by atoms with Gasteiger partial charge in [-0.1, -0.05) is 18.6 Å². The minimum atomic E-state index is -0.398. The molecule has 1 aliphatic rings. The Morgan fingerprint density at radius 2 is 2.17 bits per heavy atom. The first-order valence-corrected chi connectivity index (χ1v) is 7.68. The van der Waals surface area contributed by atoms with Crippen LogP contribution in [0, 0.1) is 23.0 Å². The Kier molecular flexibility index (Phi) is 6.97. The number of carbonyl (C=O) groups excluding carboxylic acids is 1. The summed E-state index contributed by atoms with van der Waals surface area (Å²) in [5.74, 6) is 0.206. The summed E-state index contributed by atoms with van der Waals surface area (Å²) < 4.78 is 0. The van der Waals surface area contributed by atoms with Gasteiger partial charge in [-0.2, -0.15) is 0 Å². The second-order valence-corrected chi connectivity index (χ2v) is 6.15. The standard InChI is InChI=1S/C16H23N3O3.ClH/c1-10-6-7-12(8-15(10)19(21)22)11(2)18-16(20)9-13-4-3-5-14(13)17;/h6-8,11,13-14H,3-5,9,17H2,1-2H3,(H,18,20);1H/t11?,13-,14+;/m0./s1. The fourth-order valence-corrected chi connectivity index (χ4v) is 3.03. The lowest BCUT2D eigenvalue weighted by atomic mass is 9.99. The Labute approximate surface area is 142 Å². The van der Waals surface area contributed by atoms with Crippen LogP contribution < -0.4 is 11.1 Å². The minimum Gasteiger partial charge on any atom is -0.350 e. The van der Waals surface area contributed by atoms with Gasteiger partial charge in [-0.15, -0.1) is 12.4 Å². The third-order valence-corrected chi connectivity index (χ3v) is 4.47. The number of nitrogens with zero attached hydrogens (tertiary/aromatic N) is 1. The van der Waals surface area contributed by atoms with E-state index in [1.54, 1.807) is 13.0 Å². The van der Waals surface area contributed by atoms with Crippen LogP contribution in [-0.4, -0.2) is 16.9 Å². The predicted molar refractivity (Wildman–Crippen MR) is 91.6 cm³/mol. The third kappa shape index (κ3) is 4.91. The first kappa shape index (κ1) is 19.4. The lowest BCUT2D eigenvalue weighted by Gasteiger charge is -2.18. The highest BCUT2D eigenvalue weighted by atomic mass is 35.5. The zero-order valence-corrected chi connectivity index (χ0v) is 14.3. The van der Waals surface area contributed by atoms with Gasteiger partial charge in [0, 0.05) is 24.1 Å². The van der Waals surface area contributed by atoms with Crippen molar-refractivity contribution in [3.05, 3.63) is 39.4 Å². The molecular formula is C16H24ClN3O3. The number of hydrogen-bond acceptors (Lipinski definition) is 4. The van der Waals surface area contributed by atoms with Crippen molar-refractivity contribution in [2.45, 2.75) is 51.6 Å². The summed E-state index contributed by atoms with van der Waals surface area (Å²) in [6, 6.07) is 4.91. The summed E-state index contributed by atoms with van der Waals surface area (Å²) in [6.07, 6.45) is 3.49. The number of hydrogen-bond donors (Lipinski definition) is 2. The van der Waals surface area contributed by atoms with Crippen LogP contribution in [0.25, 0.3) is 0 Å². The van der Waals surface area contributed by atoms with E-state index in [0.717, 1.165) is 24.8 Å². The van der Waals surface area contributed by atoms with Crippen molar-refractivity contribution in [1.29, 1.82) is 0 Å². The van der Waals surface area contributed by atoms with E-state index in [9.17, 15) is 14.9 Å². The molecule has 1 saturated carbocycles. The van der Waals surface area contributed by atoms with E-state index in [2.05, 4.69) is 5.32 Å².